The van der Waals surface area contributed by atoms with Gasteiger partial charge in [-0.15, -0.1) is 0 Å². The molecule has 0 unspecified atom stereocenters. The normalized spacial score (nSPS) is 15.5. The summed E-state index contributed by atoms with van der Waals surface area (Å²) in [4.78, 5) is 15.5. The van der Waals surface area contributed by atoms with Crippen LogP contribution in [0, 0.1) is 13.8 Å². The van der Waals surface area contributed by atoms with Crippen LogP contribution in [0.5, 0.6) is 0 Å². The van der Waals surface area contributed by atoms with Gasteiger partial charge in [-0.3, -0.25) is 0 Å². The number of hydrogen-bond acceptors (Lipinski definition) is 5. The number of nitrogens with zero attached hydrogens (tertiary/aromatic N) is 4. The van der Waals surface area contributed by atoms with Gasteiger partial charge in [-0.2, -0.15) is 0 Å². The van der Waals surface area contributed by atoms with E-state index in [0.717, 1.165) is 41.1 Å². The fraction of sp³-hybridized carbons (Fsp3) is 0.400. The van der Waals surface area contributed by atoms with Crippen LogP contribution < -0.4 is 4.90 Å². The molecule has 1 aliphatic rings. The van der Waals surface area contributed by atoms with E-state index in [1.807, 2.05) is 13.8 Å². The highest BCUT2D eigenvalue weighted by atomic mass is 35.5. The molecule has 5 nitrogen and oxygen atoms in total. The zero-order chi connectivity index (χ0) is 14.6. The molecular formula is C15H15ClN4O. The molecule has 3 aromatic rings. The molecule has 0 aliphatic carbocycles. The lowest BCUT2D eigenvalue weighted by Crippen LogP contribution is -2.19. The first-order chi connectivity index (χ1) is 10.2. The standard InChI is InChI=1S/C15H15ClN4O/c1-8-10-12-13(21-15(10)19-9(2)11(8)16)14(18-7-17-12)20-5-3-4-6-20/h7H,3-6H2,1-2H3. The Morgan fingerprint density at radius 3 is 2.71 bits per heavy atom. The fourth-order valence-corrected chi connectivity index (χ4v) is 3.18. The molecule has 0 N–H and O–H groups in total. The predicted molar refractivity (Wildman–Crippen MR) is 83.0 cm³/mol. The molecule has 6 heteroatoms. The van der Waals surface area contributed by atoms with Crippen molar-refractivity contribution in [3.05, 3.63) is 22.6 Å². The van der Waals surface area contributed by atoms with Crippen molar-refractivity contribution in [1.82, 2.24) is 15.0 Å². The highest BCUT2D eigenvalue weighted by Gasteiger charge is 2.23. The van der Waals surface area contributed by atoms with Crippen molar-refractivity contribution in [2.45, 2.75) is 26.7 Å². The van der Waals surface area contributed by atoms with Gasteiger partial charge >= 0.3 is 0 Å². The van der Waals surface area contributed by atoms with Gasteiger partial charge in [-0.1, -0.05) is 11.6 Å². The van der Waals surface area contributed by atoms with Gasteiger partial charge in [0.25, 0.3) is 0 Å². The molecule has 1 fully saturated rings. The van der Waals surface area contributed by atoms with Crippen molar-refractivity contribution >= 4 is 39.6 Å². The maximum atomic E-state index is 6.32. The van der Waals surface area contributed by atoms with E-state index in [4.69, 9.17) is 16.0 Å². The minimum atomic E-state index is 0.588. The second-order valence-electron chi connectivity index (χ2n) is 5.49. The lowest BCUT2D eigenvalue weighted by atomic mass is 10.1. The molecule has 1 aliphatic heterocycles. The van der Waals surface area contributed by atoms with Crippen LogP contribution >= 0.6 is 11.6 Å². The molecule has 0 atom stereocenters. The monoisotopic (exact) mass is 302 g/mol. The molecule has 4 rings (SSSR count). The number of fused-ring (bicyclic) bond motifs is 3. The lowest BCUT2D eigenvalue weighted by Gasteiger charge is -2.15. The van der Waals surface area contributed by atoms with Crippen LogP contribution in [0.4, 0.5) is 5.82 Å². The van der Waals surface area contributed by atoms with Crippen LogP contribution in [0.1, 0.15) is 24.1 Å². The number of aryl methyl sites for hydroxylation is 2. The molecule has 0 amide bonds. The van der Waals surface area contributed by atoms with Gasteiger partial charge in [0.1, 0.15) is 11.8 Å². The van der Waals surface area contributed by atoms with Crippen LogP contribution in [-0.2, 0) is 0 Å². The molecule has 1 saturated heterocycles. The van der Waals surface area contributed by atoms with Gasteiger partial charge in [0.2, 0.25) is 5.71 Å². The Kier molecular flexibility index (Phi) is 2.79. The van der Waals surface area contributed by atoms with Crippen molar-refractivity contribution < 1.29 is 4.42 Å². The van der Waals surface area contributed by atoms with Crippen molar-refractivity contribution in [1.29, 1.82) is 0 Å². The van der Waals surface area contributed by atoms with Crippen LogP contribution in [0.25, 0.3) is 22.2 Å². The van der Waals surface area contributed by atoms with Gasteiger partial charge in [0.05, 0.1) is 16.1 Å². The summed E-state index contributed by atoms with van der Waals surface area (Å²) in [7, 11) is 0. The Morgan fingerprint density at radius 2 is 1.95 bits per heavy atom. The summed E-state index contributed by atoms with van der Waals surface area (Å²) in [5, 5.41) is 1.56. The Bertz CT molecular complexity index is 852. The summed E-state index contributed by atoms with van der Waals surface area (Å²) in [5.74, 6) is 0.865. The zero-order valence-corrected chi connectivity index (χ0v) is 12.7. The molecule has 3 aromatic heterocycles. The Balaban J connectivity index is 2.07. The van der Waals surface area contributed by atoms with E-state index in [0.29, 0.717) is 16.3 Å². The van der Waals surface area contributed by atoms with Gasteiger partial charge in [0.15, 0.2) is 11.4 Å². The number of hydrogen-bond donors (Lipinski definition) is 0. The third-order valence-corrected chi connectivity index (χ3v) is 4.69. The largest absolute Gasteiger partial charge is 0.432 e. The van der Waals surface area contributed by atoms with E-state index >= 15 is 0 Å². The van der Waals surface area contributed by atoms with Crippen LogP contribution in [0.2, 0.25) is 5.02 Å². The van der Waals surface area contributed by atoms with Crippen molar-refractivity contribution in [2.75, 3.05) is 18.0 Å². The van der Waals surface area contributed by atoms with Gasteiger partial charge < -0.3 is 9.32 Å². The van der Waals surface area contributed by atoms with E-state index in [-0.39, 0.29) is 0 Å². The van der Waals surface area contributed by atoms with Crippen LogP contribution in [0.15, 0.2) is 10.7 Å². The maximum Gasteiger partial charge on any atom is 0.229 e. The number of aromatic nitrogens is 3. The van der Waals surface area contributed by atoms with Crippen molar-refractivity contribution in [2.24, 2.45) is 0 Å². The average molecular weight is 303 g/mol. The Morgan fingerprint density at radius 1 is 1.19 bits per heavy atom. The smallest absolute Gasteiger partial charge is 0.229 e. The van der Waals surface area contributed by atoms with E-state index in [2.05, 4.69) is 19.9 Å². The summed E-state index contributed by atoms with van der Waals surface area (Å²) in [6.45, 7) is 5.88. The summed E-state index contributed by atoms with van der Waals surface area (Å²) in [6, 6.07) is 0. The van der Waals surface area contributed by atoms with E-state index in [1.54, 1.807) is 6.33 Å². The summed E-state index contributed by atoms with van der Waals surface area (Å²) < 4.78 is 5.98. The van der Waals surface area contributed by atoms with Gasteiger partial charge in [-0.25, -0.2) is 15.0 Å². The number of furan rings is 1. The first-order valence-corrected chi connectivity index (χ1v) is 7.49. The third kappa shape index (κ3) is 1.80. The molecule has 0 saturated carbocycles. The van der Waals surface area contributed by atoms with Crippen molar-refractivity contribution in [3.8, 4) is 0 Å². The molecule has 108 valence electrons. The quantitative estimate of drug-likeness (QED) is 0.687. The fourth-order valence-electron chi connectivity index (χ4n) is 3.04. The van der Waals surface area contributed by atoms with E-state index in [1.165, 1.54) is 12.8 Å². The van der Waals surface area contributed by atoms with Crippen molar-refractivity contribution in [3.63, 3.8) is 0 Å². The predicted octanol–water partition coefficient (Wildman–Crippen LogP) is 3.64. The summed E-state index contributed by atoms with van der Waals surface area (Å²) in [6.07, 6.45) is 3.97. The first-order valence-electron chi connectivity index (χ1n) is 7.11. The van der Waals surface area contributed by atoms with Gasteiger partial charge in [-0.05, 0) is 32.3 Å². The minimum absolute atomic E-state index is 0.588. The van der Waals surface area contributed by atoms with E-state index < -0.39 is 0 Å². The van der Waals surface area contributed by atoms with Gasteiger partial charge in [0, 0.05) is 13.1 Å². The minimum Gasteiger partial charge on any atom is -0.432 e. The number of halogens is 1. The average Bonchev–Trinajstić information content (AvgIpc) is 3.11. The maximum absolute atomic E-state index is 6.32. The van der Waals surface area contributed by atoms with Crippen LogP contribution in [0.3, 0.4) is 0 Å². The summed E-state index contributed by atoms with van der Waals surface area (Å²) in [5.41, 5.74) is 3.84. The Labute approximate surface area is 126 Å². The second-order valence-corrected chi connectivity index (χ2v) is 5.87. The summed E-state index contributed by atoms with van der Waals surface area (Å²) >= 11 is 6.32. The van der Waals surface area contributed by atoms with E-state index in [9.17, 15) is 0 Å². The highest BCUT2D eigenvalue weighted by Crippen LogP contribution is 2.36. The van der Waals surface area contributed by atoms with Crippen LogP contribution in [-0.4, -0.2) is 28.0 Å². The number of anilines is 1. The zero-order valence-electron chi connectivity index (χ0n) is 12.0. The second kappa shape index (κ2) is 4.56. The topological polar surface area (TPSA) is 55.1 Å². The molecule has 4 heterocycles. The molecular weight excluding hydrogens is 288 g/mol. The molecule has 0 radical (unpaired) electrons. The number of pyridine rings is 1. The SMILES string of the molecule is Cc1nc2oc3c(N4CCCC4)ncnc3c2c(C)c1Cl. The number of rotatable bonds is 1. The first kappa shape index (κ1) is 12.8. The molecule has 0 aromatic carbocycles. The highest BCUT2D eigenvalue weighted by molar-refractivity contribution is 6.33. The third-order valence-electron chi connectivity index (χ3n) is 4.13. The molecule has 21 heavy (non-hydrogen) atoms. The molecule has 0 bridgehead atoms. The molecule has 0 spiro atoms. The lowest BCUT2D eigenvalue weighted by molar-refractivity contribution is 0.647. The Hall–Kier alpha value is -1.88.